The van der Waals surface area contributed by atoms with Gasteiger partial charge in [0.05, 0.1) is 18.1 Å². The Hall–Kier alpha value is -5.21. The third-order valence-electron chi connectivity index (χ3n) is 11.2. The minimum Gasteiger partial charge on any atom is -0.494 e. The molecule has 4 nitrogen and oxygen atoms in total. The first-order valence-electron chi connectivity index (χ1n) is 20.9. The number of ether oxygens (including phenoxy) is 2. The molecule has 0 fully saturated rings. The van der Waals surface area contributed by atoms with E-state index in [-0.39, 0.29) is 0 Å². The van der Waals surface area contributed by atoms with Crippen LogP contribution in [0.3, 0.4) is 0 Å². The average Bonchev–Trinajstić information content (AvgIpc) is 3.97. The Labute approximate surface area is 352 Å². The molecule has 0 atom stereocenters. The largest absolute Gasteiger partial charge is 0.494 e. The van der Waals surface area contributed by atoms with Crippen molar-refractivity contribution in [3.05, 3.63) is 150 Å². The van der Waals surface area contributed by atoms with Crippen LogP contribution in [0.15, 0.2) is 146 Å². The van der Waals surface area contributed by atoms with Gasteiger partial charge < -0.3 is 14.4 Å². The van der Waals surface area contributed by atoms with Gasteiger partial charge in [-0.3, -0.25) is 4.79 Å². The quantitative estimate of drug-likeness (QED) is 0.0463. The number of hydrogen-bond acceptors (Lipinski definition) is 6. The van der Waals surface area contributed by atoms with Crippen molar-refractivity contribution in [1.82, 2.24) is 0 Å². The van der Waals surface area contributed by atoms with Gasteiger partial charge in [0, 0.05) is 31.7 Å². The van der Waals surface area contributed by atoms with Crippen LogP contribution in [0.1, 0.15) is 74.9 Å². The molecule has 0 N–H and O–H groups in total. The monoisotopic (exact) mass is 817 g/mol. The number of aldehydes is 1. The number of unbranched alkanes of at least 4 members (excludes halogenated alkanes) is 6. The second-order valence-electron chi connectivity index (χ2n) is 15.0. The molecular weight excluding hydrogens is 767 g/mol. The van der Waals surface area contributed by atoms with Crippen LogP contribution in [-0.2, 0) is 0 Å². The van der Waals surface area contributed by atoms with E-state index in [0.29, 0.717) is 0 Å². The maximum atomic E-state index is 12.2. The molecule has 3 heterocycles. The summed E-state index contributed by atoms with van der Waals surface area (Å²) in [4.78, 5) is 19.1. The van der Waals surface area contributed by atoms with Crippen LogP contribution >= 0.6 is 22.7 Å². The summed E-state index contributed by atoms with van der Waals surface area (Å²) in [6.45, 7) is 5.94. The summed E-state index contributed by atoms with van der Waals surface area (Å²) in [5.74, 6) is 1.79. The second kappa shape index (κ2) is 18.6. The molecule has 5 aromatic carbocycles. The highest BCUT2D eigenvalue weighted by atomic mass is 32.1. The van der Waals surface area contributed by atoms with E-state index in [0.717, 1.165) is 65.8 Å². The average molecular weight is 818 g/mol. The topological polar surface area (TPSA) is 38.8 Å². The summed E-state index contributed by atoms with van der Waals surface area (Å²) in [5, 5.41) is 5.42. The Bertz CT molecular complexity index is 2290. The van der Waals surface area contributed by atoms with Crippen molar-refractivity contribution in [3.8, 4) is 31.7 Å². The van der Waals surface area contributed by atoms with Crippen molar-refractivity contribution in [1.29, 1.82) is 0 Å². The van der Waals surface area contributed by atoms with E-state index < -0.39 is 8.07 Å². The molecule has 0 aliphatic carbocycles. The molecular formula is C51H51NO3S2Si. The third kappa shape index (κ3) is 8.08. The van der Waals surface area contributed by atoms with E-state index in [4.69, 9.17) is 9.47 Å². The zero-order valence-electron chi connectivity index (χ0n) is 33.5. The van der Waals surface area contributed by atoms with Crippen molar-refractivity contribution in [3.63, 3.8) is 0 Å². The molecule has 0 spiro atoms. The van der Waals surface area contributed by atoms with Gasteiger partial charge in [0.1, 0.15) is 11.5 Å². The zero-order chi connectivity index (χ0) is 39.7. The molecule has 7 aromatic rings. The summed E-state index contributed by atoms with van der Waals surface area (Å²) < 4.78 is 12.2. The van der Waals surface area contributed by atoms with Gasteiger partial charge in [-0.25, -0.2) is 0 Å². The predicted octanol–water partition coefficient (Wildman–Crippen LogP) is 12.0. The highest BCUT2D eigenvalue weighted by molar-refractivity contribution is 7.35. The highest BCUT2D eigenvalue weighted by Crippen LogP contribution is 2.43. The van der Waals surface area contributed by atoms with E-state index in [1.54, 1.807) is 11.3 Å². The van der Waals surface area contributed by atoms with Crippen LogP contribution < -0.4 is 35.1 Å². The molecule has 0 saturated carbocycles. The van der Waals surface area contributed by atoms with Crippen LogP contribution in [0, 0.1) is 0 Å². The van der Waals surface area contributed by atoms with E-state index in [2.05, 4.69) is 164 Å². The Kier molecular flexibility index (Phi) is 12.7. The second-order valence-corrected chi connectivity index (χ2v) is 20.9. The van der Waals surface area contributed by atoms with Crippen LogP contribution in [0.25, 0.3) is 20.2 Å². The van der Waals surface area contributed by atoms with Gasteiger partial charge in [-0.05, 0) is 112 Å². The fraction of sp³-hybridized carbons (Fsp3) is 0.235. The fourth-order valence-electron chi connectivity index (χ4n) is 8.25. The summed E-state index contributed by atoms with van der Waals surface area (Å²) in [5.41, 5.74) is 4.38. The first-order valence-corrected chi connectivity index (χ1v) is 24.5. The number of benzene rings is 5. The number of anilines is 3. The lowest BCUT2D eigenvalue weighted by Gasteiger charge is -2.30. The van der Waals surface area contributed by atoms with E-state index in [1.165, 1.54) is 79.5 Å². The van der Waals surface area contributed by atoms with Gasteiger partial charge in [-0.2, -0.15) is 0 Å². The van der Waals surface area contributed by atoms with Gasteiger partial charge in [0.2, 0.25) is 0 Å². The number of fused-ring (bicyclic) bond motifs is 3. The smallest absolute Gasteiger partial charge is 0.182 e. The third-order valence-corrected chi connectivity index (χ3v) is 18.7. The SMILES string of the molecule is CCCCCCOc1ccc(N(c2ccc(OCCCCCC)cc2)c2ccc(-c3cc4c(s3)-c3sc(C=O)cc3[Si]4(c3ccccc3)c3ccccc3)cc2)cc1. The fourth-order valence-corrected chi connectivity index (χ4v) is 16.9. The van der Waals surface area contributed by atoms with Crippen molar-refractivity contribution in [2.45, 2.75) is 65.2 Å². The molecule has 2 aromatic heterocycles. The maximum absolute atomic E-state index is 12.2. The molecule has 1 aliphatic rings. The first kappa shape index (κ1) is 39.6. The molecule has 0 radical (unpaired) electrons. The molecule has 1 aliphatic heterocycles. The summed E-state index contributed by atoms with van der Waals surface area (Å²) in [6, 6.07) is 52.5. The molecule has 8 rings (SSSR count). The summed E-state index contributed by atoms with van der Waals surface area (Å²) in [6.07, 6.45) is 10.5. The number of thiophene rings is 2. The number of carbonyl (C=O) groups excluding carboxylic acids is 1. The minimum absolute atomic E-state index is 0.739. The standard InChI is InChI=1S/C51H51NO3S2Si/c1-3-5-7-15-33-54-42-29-25-40(26-30-42)52(41-27-31-43(32-28-41)55-34-16-8-6-4-2)39-23-21-38(22-24-39)47-36-49-51(57-47)50-48(35-44(37-53)56-50)58(49,45-17-11-9-12-18-45)46-19-13-10-14-20-46/h9-14,17-32,35-37H,3-8,15-16,33-34H2,1-2H3. The Morgan fingerprint density at radius 3 is 1.48 bits per heavy atom. The maximum Gasteiger partial charge on any atom is 0.182 e. The number of rotatable bonds is 19. The zero-order valence-corrected chi connectivity index (χ0v) is 36.1. The lowest BCUT2D eigenvalue weighted by Crippen LogP contribution is -2.72. The van der Waals surface area contributed by atoms with Crippen molar-refractivity contribution < 1.29 is 14.3 Å². The van der Waals surface area contributed by atoms with Crippen LogP contribution in [0.2, 0.25) is 0 Å². The molecule has 294 valence electrons. The van der Waals surface area contributed by atoms with Crippen LogP contribution in [-0.4, -0.2) is 27.6 Å². The lowest BCUT2D eigenvalue weighted by molar-refractivity contribution is 0.112. The predicted molar refractivity (Wildman–Crippen MR) is 250 cm³/mol. The molecule has 0 amide bonds. The van der Waals surface area contributed by atoms with Crippen LogP contribution in [0.5, 0.6) is 11.5 Å². The molecule has 0 bridgehead atoms. The molecule has 7 heteroatoms. The number of hydrogen-bond donors (Lipinski definition) is 0. The van der Waals surface area contributed by atoms with Gasteiger partial charge in [0.25, 0.3) is 0 Å². The Morgan fingerprint density at radius 2 is 1.00 bits per heavy atom. The van der Waals surface area contributed by atoms with E-state index >= 15 is 0 Å². The normalized spacial score (nSPS) is 12.5. The Morgan fingerprint density at radius 1 is 0.534 bits per heavy atom. The van der Waals surface area contributed by atoms with Crippen molar-refractivity contribution >= 4 is 74.8 Å². The minimum atomic E-state index is -2.66. The molecule has 0 unspecified atom stereocenters. The molecule has 58 heavy (non-hydrogen) atoms. The van der Waals surface area contributed by atoms with E-state index in [9.17, 15) is 4.79 Å². The first-order chi connectivity index (χ1) is 28.6. The Balaban J connectivity index is 1.13. The van der Waals surface area contributed by atoms with Gasteiger partial charge in [-0.15, -0.1) is 22.7 Å². The highest BCUT2D eigenvalue weighted by Gasteiger charge is 2.51. The van der Waals surface area contributed by atoms with Crippen molar-refractivity contribution in [2.75, 3.05) is 18.1 Å². The molecule has 0 saturated heterocycles. The van der Waals surface area contributed by atoms with Gasteiger partial charge in [-0.1, -0.05) is 125 Å². The lowest BCUT2D eigenvalue weighted by atomic mass is 10.1. The summed E-state index contributed by atoms with van der Waals surface area (Å²) >= 11 is 3.49. The van der Waals surface area contributed by atoms with Gasteiger partial charge in [0.15, 0.2) is 14.4 Å². The van der Waals surface area contributed by atoms with Gasteiger partial charge >= 0.3 is 0 Å². The van der Waals surface area contributed by atoms with Crippen LogP contribution in [0.4, 0.5) is 17.1 Å². The number of carbonyl (C=O) groups is 1. The number of nitrogens with zero attached hydrogens (tertiary/aromatic N) is 1. The van der Waals surface area contributed by atoms with Crippen molar-refractivity contribution in [2.24, 2.45) is 0 Å². The van der Waals surface area contributed by atoms with E-state index in [1.807, 2.05) is 11.3 Å². The summed E-state index contributed by atoms with van der Waals surface area (Å²) in [7, 11) is -2.66.